The number of anilines is 1. The van der Waals surface area contributed by atoms with Gasteiger partial charge in [-0.3, -0.25) is 9.69 Å². The Morgan fingerprint density at radius 1 is 1.57 bits per heavy atom. The molecule has 0 aromatic heterocycles. The number of benzene rings is 1. The molecule has 1 aromatic rings. The van der Waals surface area contributed by atoms with Gasteiger partial charge in [0.05, 0.1) is 12.2 Å². The Morgan fingerprint density at radius 2 is 2.33 bits per heavy atom. The molecule has 116 valence electrons. The van der Waals surface area contributed by atoms with Gasteiger partial charge in [0.2, 0.25) is 5.91 Å². The van der Waals surface area contributed by atoms with Gasteiger partial charge in [0.15, 0.2) is 0 Å². The largest absolute Gasteiger partial charge is 0.396 e. The predicted molar refractivity (Wildman–Crippen MR) is 80.9 cm³/mol. The third kappa shape index (κ3) is 4.40. The summed E-state index contributed by atoms with van der Waals surface area (Å²) in [6.07, 6.45) is 1.89. The van der Waals surface area contributed by atoms with Crippen LogP contribution in [0.4, 0.5) is 10.1 Å². The Kier molecular flexibility index (Phi) is 5.19. The maximum Gasteiger partial charge on any atom is 0.238 e. The Balaban J connectivity index is 1.94. The summed E-state index contributed by atoms with van der Waals surface area (Å²) in [5, 5.41) is 12.3. The lowest BCUT2D eigenvalue weighted by molar-refractivity contribution is -0.118. The molecule has 6 heteroatoms. The van der Waals surface area contributed by atoms with Crippen LogP contribution in [0, 0.1) is 11.2 Å². The van der Waals surface area contributed by atoms with Crippen molar-refractivity contribution in [3.63, 3.8) is 0 Å². The monoisotopic (exact) mass is 314 g/mol. The molecule has 0 spiro atoms. The van der Waals surface area contributed by atoms with E-state index in [0.717, 1.165) is 19.4 Å². The number of hydrogen-bond donors (Lipinski definition) is 2. The quantitative estimate of drug-likeness (QED) is 0.898. The van der Waals surface area contributed by atoms with Gasteiger partial charge in [-0.2, -0.15) is 0 Å². The molecule has 0 bridgehead atoms. The smallest absolute Gasteiger partial charge is 0.238 e. The van der Waals surface area contributed by atoms with Crippen LogP contribution in [0.1, 0.15) is 19.8 Å². The van der Waals surface area contributed by atoms with Crippen LogP contribution in [0.15, 0.2) is 18.2 Å². The molecule has 0 radical (unpaired) electrons. The van der Waals surface area contributed by atoms with E-state index in [-0.39, 0.29) is 30.2 Å². The van der Waals surface area contributed by atoms with E-state index < -0.39 is 5.82 Å². The van der Waals surface area contributed by atoms with Crippen LogP contribution in [0.3, 0.4) is 0 Å². The second-order valence-corrected chi connectivity index (χ2v) is 6.39. The summed E-state index contributed by atoms with van der Waals surface area (Å²) in [5.41, 5.74) is -0.0748. The first-order chi connectivity index (χ1) is 9.92. The zero-order chi connectivity index (χ0) is 15.5. The Bertz CT molecular complexity index is 526. The zero-order valence-electron chi connectivity index (χ0n) is 12.0. The third-order valence-corrected chi connectivity index (χ3v) is 4.05. The van der Waals surface area contributed by atoms with Crippen LogP contribution < -0.4 is 5.32 Å². The number of halogens is 2. The number of nitrogens with zero attached hydrogens (tertiary/aromatic N) is 1. The highest BCUT2D eigenvalue weighted by Crippen LogP contribution is 2.28. The molecule has 4 nitrogen and oxygen atoms in total. The van der Waals surface area contributed by atoms with Crippen LogP contribution in [-0.2, 0) is 4.79 Å². The van der Waals surface area contributed by atoms with Crippen molar-refractivity contribution in [2.45, 2.75) is 19.8 Å². The average Bonchev–Trinajstić information content (AvgIpc) is 2.43. The Hall–Kier alpha value is -1.17. The minimum Gasteiger partial charge on any atom is -0.396 e. The van der Waals surface area contributed by atoms with Crippen LogP contribution >= 0.6 is 11.6 Å². The molecule has 2 N–H and O–H groups in total. The van der Waals surface area contributed by atoms with Crippen molar-refractivity contribution < 1.29 is 14.3 Å². The van der Waals surface area contributed by atoms with Crippen LogP contribution in [0.25, 0.3) is 0 Å². The highest BCUT2D eigenvalue weighted by atomic mass is 35.5. The number of amides is 1. The molecule has 1 atom stereocenters. The fraction of sp³-hybridized carbons (Fsp3) is 0.533. The molecular formula is C15H20ClFN2O2. The van der Waals surface area contributed by atoms with Gasteiger partial charge in [0.1, 0.15) is 5.82 Å². The van der Waals surface area contributed by atoms with Gasteiger partial charge in [-0.05, 0) is 37.6 Å². The molecule has 1 amide bonds. The normalized spacial score (nSPS) is 23.0. The number of rotatable bonds is 4. The summed E-state index contributed by atoms with van der Waals surface area (Å²) >= 11 is 5.79. The van der Waals surface area contributed by atoms with Crippen LogP contribution in [-0.4, -0.2) is 42.2 Å². The zero-order valence-corrected chi connectivity index (χ0v) is 12.8. The van der Waals surface area contributed by atoms with Gasteiger partial charge in [0, 0.05) is 23.6 Å². The van der Waals surface area contributed by atoms with E-state index in [1.54, 1.807) is 0 Å². The van der Waals surface area contributed by atoms with Gasteiger partial charge >= 0.3 is 0 Å². The molecule has 1 saturated heterocycles. The van der Waals surface area contributed by atoms with E-state index in [2.05, 4.69) is 5.32 Å². The Morgan fingerprint density at radius 3 is 3.05 bits per heavy atom. The van der Waals surface area contributed by atoms with Gasteiger partial charge in [-0.1, -0.05) is 18.5 Å². The minimum absolute atomic E-state index is 0.0921. The SMILES string of the molecule is CC1(CO)CCCN(CC(=O)Nc2cc(Cl)ccc2F)C1. The lowest BCUT2D eigenvalue weighted by Crippen LogP contribution is -2.46. The molecule has 1 heterocycles. The van der Waals surface area contributed by atoms with E-state index in [4.69, 9.17) is 11.6 Å². The number of carbonyl (C=O) groups is 1. The maximum atomic E-state index is 13.6. The van der Waals surface area contributed by atoms with Gasteiger partial charge in [0.25, 0.3) is 0 Å². The lowest BCUT2D eigenvalue weighted by Gasteiger charge is -2.38. The number of aliphatic hydroxyl groups is 1. The van der Waals surface area contributed by atoms with Crippen molar-refractivity contribution in [1.29, 1.82) is 0 Å². The first-order valence-electron chi connectivity index (χ1n) is 7.00. The second kappa shape index (κ2) is 6.73. The number of carbonyl (C=O) groups excluding carboxylic acids is 1. The summed E-state index contributed by atoms with van der Waals surface area (Å²) in [7, 11) is 0. The molecule has 1 aliphatic heterocycles. The summed E-state index contributed by atoms with van der Waals surface area (Å²) in [4.78, 5) is 14.0. The minimum atomic E-state index is -0.508. The maximum absolute atomic E-state index is 13.6. The fourth-order valence-corrected chi connectivity index (χ4v) is 2.85. The molecule has 0 saturated carbocycles. The number of hydrogen-bond acceptors (Lipinski definition) is 3. The van der Waals surface area contributed by atoms with Gasteiger partial charge in [-0.25, -0.2) is 4.39 Å². The summed E-state index contributed by atoms with van der Waals surface area (Å²) in [6, 6.07) is 4.05. The average molecular weight is 315 g/mol. The van der Waals surface area contributed by atoms with Crippen molar-refractivity contribution in [2.24, 2.45) is 5.41 Å². The first kappa shape index (κ1) is 16.2. The predicted octanol–water partition coefficient (Wildman–Crippen LogP) is 2.51. The van der Waals surface area contributed by atoms with E-state index in [1.807, 2.05) is 11.8 Å². The highest BCUT2D eigenvalue weighted by molar-refractivity contribution is 6.30. The van der Waals surface area contributed by atoms with Crippen molar-refractivity contribution in [3.05, 3.63) is 29.0 Å². The summed E-state index contributed by atoms with van der Waals surface area (Å²) in [6.45, 7) is 3.76. The molecular weight excluding hydrogens is 295 g/mol. The Labute approximate surface area is 128 Å². The van der Waals surface area contributed by atoms with Crippen molar-refractivity contribution in [2.75, 3.05) is 31.6 Å². The first-order valence-corrected chi connectivity index (χ1v) is 7.38. The second-order valence-electron chi connectivity index (χ2n) is 5.96. The number of piperidine rings is 1. The molecule has 2 rings (SSSR count). The van der Waals surface area contributed by atoms with Crippen molar-refractivity contribution in [1.82, 2.24) is 4.90 Å². The highest BCUT2D eigenvalue weighted by Gasteiger charge is 2.31. The number of likely N-dealkylation sites (tertiary alicyclic amines) is 1. The van der Waals surface area contributed by atoms with Crippen LogP contribution in [0.5, 0.6) is 0 Å². The van der Waals surface area contributed by atoms with E-state index in [9.17, 15) is 14.3 Å². The lowest BCUT2D eigenvalue weighted by atomic mass is 9.83. The molecule has 1 fully saturated rings. The van der Waals surface area contributed by atoms with E-state index in [0.29, 0.717) is 11.6 Å². The fourth-order valence-electron chi connectivity index (χ4n) is 2.68. The standard InChI is InChI=1S/C15H20ClFN2O2/c1-15(10-20)5-2-6-19(9-15)8-14(21)18-13-7-11(16)3-4-12(13)17/h3-4,7,20H,2,5-6,8-10H2,1H3,(H,18,21). The molecule has 1 unspecified atom stereocenters. The van der Waals surface area contributed by atoms with Crippen LogP contribution in [0.2, 0.25) is 5.02 Å². The third-order valence-electron chi connectivity index (χ3n) is 3.81. The molecule has 0 aliphatic carbocycles. The van der Waals surface area contributed by atoms with E-state index >= 15 is 0 Å². The molecule has 1 aliphatic rings. The van der Waals surface area contributed by atoms with Gasteiger partial charge < -0.3 is 10.4 Å². The number of aliphatic hydroxyl groups excluding tert-OH is 1. The van der Waals surface area contributed by atoms with Gasteiger partial charge in [-0.15, -0.1) is 0 Å². The summed E-state index contributed by atoms with van der Waals surface area (Å²) < 4.78 is 13.6. The van der Waals surface area contributed by atoms with E-state index in [1.165, 1.54) is 18.2 Å². The number of nitrogens with one attached hydrogen (secondary N) is 1. The van der Waals surface area contributed by atoms with Crippen molar-refractivity contribution >= 4 is 23.2 Å². The topological polar surface area (TPSA) is 52.6 Å². The molecule has 1 aromatic carbocycles. The molecule has 21 heavy (non-hydrogen) atoms. The van der Waals surface area contributed by atoms with Crippen molar-refractivity contribution in [3.8, 4) is 0 Å². The summed E-state index contributed by atoms with van der Waals surface area (Å²) in [5.74, 6) is -0.787.